The van der Waals surface area contributed by atoms with Crippen molar-refractivity contribution >= 4 is 29.1 Å². The predicted octanol–water partition coefficient (Wildman–Crippen LogP) is 2.13. The van der Waals surface area contributed by atoms with Crippen molar-refractivity contribution in [1.29, 1.82) is 0 Å². The van der Waals surface area contributed by atoms with Gasteiger partial charge in [0.1, 0.15) is 11.6 Å². The van der Waals surface area contributed by atoms with E-state index in [1.165, 1.54) is 4.52 Å². The molecule has 0 fully saturated rings. The molecule has 22 heavy (non-hydrogen) atoms. The molecular weight excluding hydrogens is 312 g/mol. The summed E-state index contributed by atoms with van der Waals surface area (Å²) in [7, 11) is 0. The lowest BCUT2D eigenvalue weighted by atomic mass is 10.3. The smallest absolute Gasteiger partial charge is 0.253 e. The van der Waals surface area contributed by atoms with Crippen LogP contribution in [0.2, 0.25) is 0 Å². The van der Waals surface area contributed by atoms with Crippen LogP contribution >= 0.6 is 11.8 Å². The van der Waals surface area contributed by atoms with E-state index >= 15 is 0 Å². The van der Waals surface area contributed by atoms with E-state index in [4.69, 9.17) is 0 Å². The van der Waals surface area contributed by atoms with Crippen LogP contribution in [0.1, 0.15) is 0 Å². The summed E-state index contributed by atoms with van der Waals surface area (Å²) in [6.07, 6.45) is 3.28. The zero-order valence-corrected chi connectivity index (χ0v) is 11.8. The molecule has 6 nitrogen and oxygen atoms in total. The number of anilines is 1. The second kappa shape index (κ2) is 6.06. The lowest BCUT2D eigenvalue weighted by Crippen LogP contribution is -2.14. The van der Waals surface area contributed by atoms with Crippen LogP contribution in [-0.4, -0.2) is 31.2 Å². The molecule has 0 saturated heterocycles. The number of fused-ring (bicyclic) bond motifs is 1. The van der Waals surface area contributed by atoms with Crippen LogP contribution in [-0.2, 0) is 4.79 Å². The molecule has 0 spiro atoms. The predicted molar refractivity (Wildman–Crippen MR) is 76.5 cm³/mol. The van der Waals surface area contributed by atoms with Crippen molar-refractivity contribution in [2.45, 2.75) is 5.16 Å². The van der Waals surface area contributed by atoms with Gasteiger partial charge in [-0.15, -0.1) is 5.10 Å². The van der Waals surface area contributed by atoms with E-state index in [-0.39, 0.29) is 11.4 Å². The molecule has 0 bridgehead atoms. The van der Waals surface area contributed by atoms with E-state index in [2.05, 4.69) is 20.4 Å². The summed E-state index contributed by atoms with van der Waals surface area (Å²) in [4.78, 5) is 19.9. The van der Waals surface area contributed by atoms with Crippen molar-refractivity contribution < 1.29 is 13.6 Å². The quantitative estimate of drug-likeness (QED) is 0.745. The van der Waals surface area contributed by atoms with Gasteiger partial charge in [-0.3, -0.25) is 4.79 Å². The average molecular weight is 321 g/mol. The Balaban J connectivity index is 1.62. The number of hydrogen-bond donors (Lipinski definition) is 1. The highest BCUT2D eigenvalue weighted by Gasteiger charge is 2.09. The van der Waals surface area contributed by atoms with Crippen molar-refractivity contribution in [3.63, 3.8) is 0 Å². The first-order valence-corrected chi connectivity index (χ1v) is 7.15. The number of thioether (sulfide) groups is 1. The SMILES string of the molecule is O=C(CSc1nc2ncccn2n1)Nc1cc(F)cc(F)c1. The van der Waals surface area contributed by atoms with Gasteiger partial charge in [0.2, 0.25) is 11.1 Å². The van der Waals surface area contributed by atoms with Crippen LogP contribution in [0.15, 0.2) is 41.8 Å². The largest absolute Gasteiger partial charge is 0.325 e. The fourth-order valence-electron chi connectivity index (χ4n) is 1.73. The van der Waals surface area contributed by atoms with Gasteiger partial charge >= 0.3 is 0 Å². The van der Waals surface area contributed by atoms with Crippen LogP contribution in [0, 0.1) is 11.6 Å². The molecule has 0 radical (unpaired) electrons. The maximum atomic E-state index is 13.0. The molecule has 3 rings (SSSR count). The molecule has 0 saturated carbocycles. The minimum atomic E-state index is -0.754. The number of carbonyl (C=O) groups is 1. The molecule has 0 aliphatic heterocycles. The topological polar surface area (TPSA) is 72.2 Å². The van der Waals surface area contributed by atoms with E-state index in [1.54, 1.807) is 18.5 Å². The van der Waals surface area contributed by atoms with Crippen molar-refractivity contribution in [2.75, 3.05) is 11.1 Å². The number of aromatic nitrogens is 4. The standard InChI is InChI=1S/C13H9F2N5OS/c14-8-4-9(15)6-10(5-8)17-11(21)7-22-13-18-12-16-2-1-3-20(12)19-13/h1-6H,7H2,(H,17,21). The summed E-state index contributed by atoms with van der Waals surface area (Å²) in [5.74, 6) is -1.49. The molecule has 0 unspecified atom stereocenters. The average Bonchev–Trinajstić information content (AvgIpc) is 2.87. The van der Waals surface area contributed by atoms with Crippen LogP contribution in [0.5, 0.6) is 0 Å². The Labute approximate surface area is 127 Å². The second-order valence-corrected chi connectivity index (χ2v) is 5.20. The molecular formula is C13H9F2N5OS. The molecule has 1 amide bonds. The van der Waals surface area contributed by atoms with Crippen LogP contribution in [0.3, 0.4) is 0 Å². The number of nitrogens with one attached hydrogen (secondary N) is 1. The molecule has 9 heteroatoms. The summed E-state index contributed by atoms with van der Waals surface area (Å²) >= 11 is 1.10. The van der Waals surface area contributed by atoms with E-state index in [1.807, 2.05) is 0 Å². The van der Waals surface area contributed by atoms with Gasteiger partial charge in [0, 0.05) is 24.1 Å². The summed E-state index contributed by atoms with van der Waals surface area (Å²) in [5, 5.41) is 6.92. The highest BCUT2D eigenvalue weighted by atomic mass is 32.2. The number of hydrogen-bond acceptors (Lipinski definition) is 5. The van der Waals surface area contributed by atoms with E-state index < -0.39 is 17.5 Å². The summed E-state index contributed by atoms with van der Waals surface area (Å²) in [6.45, 7) is 0. The Bertz CT molecular complexity index is 785. The van der Waals surface area contributed by atoms with Gasteiger partial charge in [0.25, 0.3) is 5.78 Å². The Hall–Kier alpha value is -2.55. The number of nitrogens with zero attached hydrogens (tertiary/aromatic N) is 4. The Morgan fingerprint density at radius 2 is 2.05 bits per heavy atom. The third kappa shape index (κ3) is 3.37. The normalized spacial score (nSPS) is 10.8. The highest BCUT2D eigenvalue weighted by Crippen LogP contribution is 2.16. The van der Waals surface area contributed by atoms with Crippen LogP contribution in [0.4, 0.5) is 14.5 Å². The lowest BCUT2D eigenvalue weighted by molar-refractivity contribution is -0.113. The number of rotatable bonds is 4. The van der Waals surface area contributed by atoms with Gasteiger partial charge in [-0.1, -0.05) is 11.8 Å². The molecule has 1 N–H and O–H groups in total. The van der Waals surface area contributed by atoms with Gasteiger partial charge in [-0.2, -0.15) is 4.98 Å². The molecule has 112 valence electrons. The molecule has 2 aromatic heterocycles. The molecule has 0 aliphatic carbocycles. The van der Waals surface area contributed by atoms with Crippen LogP contribution in [0.25, 0.3) is 5.78 Å². The Kier molecular flexibility index (Phi) is 3.96. The van der Waals surface area contributed by atoms with E-state index in [0.29, 0.717) is 10.9 Å². The van der Waals surface area contributed by atoms with Crippen LogP contribution < -0.4 is 5.32 Å². The number of amides is 1. The van der Waals surface area contributed by atoms with Gasteiger partial charge in [0.15, 0.2) is 0 Å². The highest BCUT2D eigenvalue weighted by molar-refractivity contribution is 7.99. The number of benzene rings is 1. The Morgan fingerprint density at radius 1 is 1.27 bits per heavy atom. The first-order valence-electron chi connectivity index (χ1n) is 6.16. The zero-order valence-electron chi connectivity index (χ0n) is 11.0. The zero-order chi connectivity index (χ0) is 15.5. The minimum absolute atomic E-state index is 0.00894. The van der Waals surface area contributed by atoms with Gasteiger partial charge in [0.05, 0.1) is 5.75 Å². The molecule has 1 aromatic carbocycles. The Morgan fingerprint density at radius 3 is 2.77 bits per heavy atom. The monoisotopic (exact) mass is 321 g/mol. The fourth-order valence-corrected chi connectivity index (χ4v) is 2.35. The summed E-state index contributed by atoms with van der Waals surface area (Å²) in [5.41, 5.74) is 0.0627. The van der Waals surface area contributed by atoms with Gasteiger partial charge < -0.3 is 5.32 Å². The van der Waals surface area contributed by atoms with Gasteiger partial charge in [-0.25, -0.2) is 18.3 Å². The van der Waals surface area contributed by atoms with Crippen molar-refractivity contribution in [2.24, 2.45) is 0 Å². The maximum absolute atomic E-state index is 13.0. The molecule has 3 aromatic rings. The summed E-state index contributed by atoms with van der Waals surface area (Å²) < 4.78 is 27.5. The summed E-state index contributed by atoms with van der Waals surface area (Å²) in [6, 6.07) is 4.52. The van der Waals surface area contributed by atoms with Crippen molar-refractivity contribution in [1.82, 2.24) is 19.6 Å². The van der Waals surface area contributed by atoms with E-state index in [0.717, 1.165) is 30.0 Å². The first kappa shape index (κ1) is 14.4. The van der Waals surface area contributed by atoms with Crippen molar-refractivity contribution in [3.05, 3.63) is 48.3 Å². The van der Waals surface area contributed by atoms with Gasteiger partial charge in [-0.05, 0) is 18.2 Å². The fraction of sp³-hybridized carbons (Fsp3) is 0.0769. The first-order chi connectivity index (χ1) is 10.6. The second-order valence-electron chi connectivity index (χ2n) is 4.25. The molecule has 0 atom stereocenters. The third-order valence-corrected chi connectivity index (χ3v) is 3.41. The van der Waals surface area contributed by atoms with Crippen molar-refractivity contribution in [3.8, 4) is 0 Å². The maximum Gasteiger partial charge on any atom is 0.253 e. The third-order valence-electron chi connectivity index (χ3n) is 2.58. The molecule has 0 aliphatic rings. The number of carbonyl (C=O) groups excluding carboxylic acids is 1. The lowest BCUT2D eigenvalue weighted by Gasteiger charge is -2.04. The molecule has 2 heterocycles. The number of halogens is 2. The minimum Gasteiger partial charge on any atom is -0.325 e. The van der Waals surface area contributed by atoms with E-state index in [9.17, 15) is 13.6 Å².